The van der Waals surface area contributed by atoms with Gasteiger partial charge in [0.25, 0.3) is 5.56 Å². The molecule has 0 amide bonds. The van der Waals surface area contributed by atoms with Gasteiger partial charge in [-0.3, -0.25) is 9.48 Å². The van der Waals surface area contributed by atoms with Crippen molar-refractivity contribution < 1.29 is 13.5 Å². The van der Waals surface area contributed by atoms with Gasteiger partial charge in [-0.2, -0.15) is 5.10 Å². The van der Waals surface area contributed by atoms with Crippen LogP contribution >= 0.6 is 0 Å². The molecule has 0 saturated heterocycles. The van der Waals surface area contributed by atoms with E-state index in [1.54, 1.807) is 18.3 Å². The zero-order valence-electron chi connectivity index (χ0n) is 16.1. The number of pyridine rings is 1. The third-order valence-corrected chi connectivity index (χ3v) is 6.91. The summed E-state index contributed by atoms with van der Waals surface area (Å²) in [7, 11) is -3.80. The minimum Gasteiger partial charge on any atom is -0.390 e. The number of primary sulfonamides is 1. The molecule has 29 heavy (non-hydrogen) atoms. The van der Waals surface area contributed by atoms with Crippen LogP contribution in [0.4, 0.5) is 0 Å². The van der Waals surface area contributed by atoms with Crippen molar-refractivity contribution in [1.82, 2.24) is 14.8 Å². The molecule has 0 aliphatic heterocycles. The van der Waals surface area contributed by atoms with Gasteiger partial charge < -0.3 is 10.1 Å². The lowest BCUT2D eigenvalue weighted by Crippen LogP contribution is -2.34. The van der Waals surface area contributed by atoms with Crippen LogP contribution in [0.5, 0.6) is 0 Å². The van der Waals surface area contributed by atoms with Crippen molar-refractivity contribution in [3.05, 3.63) is 46.9 Å². The van der Waals surface area contributed by atoms with Gasteiger partial charge in [0.2, 0.25) is 10.0 Å². The van der Waals surface area contributed by atoms with E-state index >= 15 is 0 Å². The molecular formula is C20H24N4O4S. The summed E-state index contributed by atoms with van der Waals surface area (Å²) >= 11 is 0. The van der Waals surface area contributed by atoms with E-state index in [0.29, 0.717) is 29.5 Å². The van der Waals surface area contributed by atoms with Crippen molar-refractivity contribution in [2.75, 3.05) is 0 Å². The van der Waals surface area contributed by atoms with Crippen LogP contribution in [-0.2, 0) is 10.0 Å². The Bertz CT molecular complexity index is 1200. The van der Waals surface area contributed by atoms with Gasteiger partial charge in [0, 0.05) is 11.8 Å². The van der Waals surface area contributed by atoms with Gasteiger partial charge in [-0.25, -0.2) is 13.6 Å². The second-order valence-corrected chi connectivity index (χ2v) is 9.30. The maximum absolute atomic E-state index is 12.6. The number of sulfonamides is 1. The first-order chi connectivity index (χ1) is 13.7. The molecule has 8 nitrogen and oxygen atoms in total. The summed E-state index contributed by atoms with van der Waals surface area (Å²) < 4.78 is 24.9. The summed E-state index contributed by atoms with van der Waals surface area (Å²) in [6.45, 7) is 1.99. The van der Waals surface area contributed by atoms with E-state index < -0.39 is 15.6 Å². The lowest BCUT2D eigenvalue weighted by molar-refractivity contribution is -0.0114. The second-order valence-electron chi connectivity index (χ2n) is 7.74. The molecule has 2 aromatic heterocycles. The van der Waals surface area contributed by atoms with E-state index in [9.17, 15) is 18.3 Å². The van der Waals surface area contributed by atoms with Gasteiger partial charge in [-0.15, -0.1) is 0 Å². The summed E-state index contributed by atoms with van der Waals surface area (Å²) in [4.78, 5) is 15.3. The molecule has 9 heteroatoms. The second kappa shape index (κ2) is 7.08. The van der Waals surface area contributed by atoms with Crippen LogP contribution in [0.3, 0.4) is 0 Å². The number of aromatic nitrogens is 3. The topological polar surface area (TPSA) is 131 Å². The molecule has 2 heterocycles. The average molecular weight is 417 g/mol. The molecule has 0 bridgehead atoms. The first kappa shape index (κ1) is 19.8. The van der Waals surface area contributed by atoms with Gasteiger partial charge in [0.15, 0.2) is 0 Å². The van der Waals surface area contributed by atoms with Gasteiger partial charge in [0.1, 0.15) is 5.69 Å². The highest BCUT2D eigenvalue weighted by atomic mass is 32.2. The molecule has 4 N–H and O–H groups in total. The Morgan fingerprint density at radius 2 is 1.90 bits per heavy atom. The lowest BCUT2D eigenvalue weighted by atomic mass is 9.80. The minimum absolute atomic E-state index is 0.00466. The molecule has 0 atom stereocenters. The molecule has 1 fully saturated rings. The van der Waals surface area contributed by atoms with Crippen molar-refractivity contribution in [3.63, 3.8) is 0 Å². The number of aromatic amines is 1. The molecule has 1 aliphatic rings. The van der Waals surface area contributed by atoms with Crippen molar-refractivity contribution in [2.45, 2.75) is 55.6 Å². The summed E-state index contributed by atoms with van der Waals surface area (Å²) in [6.07, 6.45) is 5.26. The predicted octanol–water partition coefficient (Wildman–Crippen LogP) is 2.30. The third kappa shape index (κ3) is 3.61. The van der Waals surface area contributed by atoms with E-state index in [-0.39, 0.29) is 16.5 Å². The number of hydrogen-bond acceptors (Lipinski definition) is 5. The van der Waals surface area contributed by atoms with Crippen molar-refractivity contribution >= 4 is 20.9 Å². The van der Waals surface area contributed by atoms with Gasteiger partial charge in [-0.05, 0) is 50.3 Å². The Morgan fingerprint density at radius 1 is 1.24 bits per heavy atom. The summed E-state index contributed by atoms with van der Waals surface area (Å²) in [5, 5.41) is 20.9. The van der Waals surface area contributed by atoms with E-state index in [2.05, 4.69) is 4.98 Å². The number of aliphatic hydroxyl groups is 1. The van der Waals surface area contributed by atoms with Crippen molar-refractivity contribution in [2.24, 2.45) is 5.14 Å². The Balaban J connectivity index is 1.79. The molecular weight excluding hydrogens is 392 g/mol. The fourth-order valence-corrected chi connectivity index (χ4v) is 4.64. The summed E-state index contributed by atoms with van der Waals surface area (Å²) in [5.74, 6) is 0. The lowest BCUT2D eigenvalue weighted by Gasteiger charge is -2.35. The van der Waals surface area contributed by atoms with E-state index in [1.165, 1.54) is 12.1 Å². The third-order valence-electron chi connectivity index (χ3n) is 5.98. The highest BCUT2D eigenvalue weighted by Gasteiger charge is 2.33. The minimum atomic E-state index is -3.80. The van der Waals surface area contributed by atoms with Crippen LogP contribution in [-0.4, -0.2) is 33.9 Å². The molecule has 0 spiro atoms. The molecule has 0 radical (unpaired) electrons. The molecule has 154 valence electrons. The monoisotopic (exact) mass is 416 g/mol. The van der Waals surface area contributed by atoms with E-state index in [4.69, 9.17) is 10.2 Å². The largest absolute Gasteiger partial charge is 0.390 e. The number of fused-ring (bicyclic) bond motifs is 1. The first-order valence-corrected chi connectivity index (χ1v) is 11.2. The van der Waals surface area contributed by atoms with Crippen LogP contribution in [0, 0.1) is 0 Å². The quantitative estimate of drug-likeness (QED) is 0.600. The van der Waals surface area contributed by atoms with Gasteiger partial charge >= 0.3 is 0 Å². The maximum Gasteiger partial charge on any atom is 0.259 e. The van der Waals surface area contributed by atoms with Crippen molar-refractivity contribution in [3.8, 4) is 11.3 Å². The Morgan fingerprint density at radius 3 is 2.48 bits per heavy atom. The molecule has 3 aromatic rings. The van der Waals surface area contributed by atoms with Gasteiger partial charge in [0.05, 0.1) is 27.4 Å². The Hall–Kier alpha value is -2.49. The molecule has 1 aliphatic carbocycles. The SMILES string of the molecule is CCC1(O)CCC(n2nc(-c3ccc(S(N)(=O)=O)cc3)c3c(=O)[nH]ccc32)CC1. The number of nitrogens with two attached hydrogens (primary N) is 1. The van der Waals surface area contributed by atoms with Crippen LogP contribution in [0.25, 0.3) is 22.2 Å². The fraction of sp³-hybridized carbons (Fsp3) is 0.400. The fourth-order valence-electron chi connectivity index (χ4n) is 4.12. The number of benzene rings is 1. The highest BCUT2D eigenvalue weighted by Crippen LogP contribution is 2.38. The van der Waals surface area contributed by atoms with Crippen molar-refractivity contribution in [1.29, 1.82) is 0 Å². The number of H-pyrrole nitrogens is 1. The number of hydrogen-bond donors (Lipinski definition) is 3. The van der Waals surface area contributed by atoms with Gasteiger partial charge in [-0.1, -0.05) is 19.1 Å². The molecule has 0 unspecified atom stereocenters. The predicted molar refractivity (Wildman–Crippen MR) is 110 cm³/mol. The van der Waals surface area contributed by atoms with Crippen LogP contribution in [0.15, 0.2) is 46.2 Å². The van der Waals surface area contributed by atoms with E-state index in [1.807, 2.05) is 17.7 Å². The van der Waals surface area contributed by atoms with E-state index in [0.717, 1.165) is 24.8 Å². The summed E-state index contributed by atoms with van der Waals surface area (Å²) in [5.41, 5.74) is 0.993. The highest BCUT2D eigenvalue weighted by molar-refractivity contribution is 7.89. The van der Waals surface area contributed by atoms with Crippen LogP contribution < -0.4 is 10.7 Å². The molecule has 1 aromatic carbocycles. The zero-order valence-corrected chi connectivity index (χ0v) is 16.9. The number of rotatable bonds is 4. The zero-order chi connectivity index (χ0) is 20.8. The number of nitrogens with one attached hydrogen (secondary N) is 1. The standard InChI is InChI=1S/C20H24N4O4S/c1-2-20(26)10-7-14(8-11-20)24-16-9-12-22-19(25)17(16)18(23-24)13-3-5-15(6-4-13)29(21,27)28/h3-6,9,12,14,26H,2,7-8,10-11H2,1H3,(H,22,25)(H2,21,27,28). The Kier molecular flexibility index (Phi) is 4.84. The molecule has 4 rings (SSSR count). The first-order valence-electron chi connectivity index (χ1n) is 9.67. The maximum atomic E-state index is 12.6. The number of nitrogens with zero attached hydrogens (tertiary/aromatic N) is 2. The smallest absolute Gasteiger partial charge is 0.259 e. The Labute approximate surface area is 168 Å². The molecule has 1 saturated carbocycles. The van der Waals surface area contributed by atoms with Crippen LogP contribution in [0.1, 0.15) is 45.1 Å². The normalized spacial score (nSPS) is 22.8. The summed E-state index contributed by atoms with van der Waals surface area (Å²) in [6, 6.07) is 7.95. The average Bonchev–Trinajstić information content (AvgIpc) is 3.09. The van der Waals surface area contributed by atoms with Crippen LogP contribution in [0.2, 0.25) is 0 Å².